The van der Waals surface area contributed by atoms with Crippen LogP contribution in [0.15, 0.2) is 0 Å². The smallest absolute Gasteiger partial charge is 0.236 e. The van der Waals surface area contributed by atoms with Crippen LogP contribution < -0.4 is 5.73 Å². The number of piperidine rings is 1. The van der Waals surface area contributed by atoms with Gasteiger partial charge in [-0.3, -0.25) is 9.69 Å². The van der Waals surface area contributed by atoms with E-state index in [9.17, 15) is 4.79 Å². The van der Waals surface area contributed by atoms with Gasteiger partial charge in [-0.05, 0) is 25.7 Å². The maximum atomic E-state index is 12.3. The summed E-state index contributed by atoms with van der Waals surface area (Å²) >= 11 is 0. The Morgan fingerprint density at radius 1 is 1.11 bits per heavy atom. The highest BCUT2D eigenvalue weighted by Crippen LogP contribution is 2.26. The molecular formula is C13H23N3O2. The molecule has 0 aliphatic carbocycles. The molecule has 0 spiro atoms. The molecule has 2 bridgehead atoms. The number of rotatable bonds is 2. The normalized spacial score (nSPS) is 33.9. The molecule has 102 valence electrons. The van der Waals surface area contributed by atoms with Crippen LogP contribution in [0.5, 0.6) is 0 Å². The Morgan fingerprint density at radius 3 is 2.33 bits per heavy atom. The number of likely N-dealkylation sites (tertiary alicyclic amines) is 2. The zero-order valence-electron chi connectivity index (χ0n) is 10.9. The summed E-state index contributed by atoms with van der Waals surface area (Å²) in [5.41, 5.74) is 5.88. The van der Waals surface area contributed by atoms with Crippen molar-refractivity contribution in [1.29, 1.82) is 0 Å². The van der Waals surface area contributed by atoms with E-state index >= 15 is 0 Å². The first-order valence-corrected chi connectivity index (χ1v) is 7.12. The Bertz CT molecular complexity index is 303. The molecule has 3 fully saturated rings. The largest absolute Gasteiger partial charge is 0.371 e. The van der Waals surface area contributed by atoms with E-state index in [4.69, 9.17) is 10.5 Å². The molecule has 0 radical (unpaired) electrons. The van der Waals surface area contributed by atoms with Gasteiger partial charge in [0.15, 0.2) is 0 Å². The number of hydrogen-bond donors (Lipinski definition) is 1. The Kier molecular flexibility index (Phi) is 3.54. The number of nitrogens with two attached hydrogens (primary N) is 1. The van der Waals surface area contributed by atoms with Crippen molar-refractivity contribution in [1.82, 2.24) is 9.80 Å². The second kappa shape index (κ2) is 5.15. The van der Waals surface area contributed by atoms with Crippen LogP contribution >= 0.6 is 0 Å². The average Bonchev–Trinajstić information content (AvgIpc) is 2.71. The summed E-state index contributed by atoms with van der Waals surface area (Å²) in [6, 6.07) is 0.329. The van der Waals surface area contributed by atoms with Gasteiger partial charge >= 0.3 is 0 Å². The van der Waals surface area contributed by atoms with Crippen molar-refractivity contribution in [2.75, 3.05) is 32.7 Å². The predicted octanol–water partition coefficient (Wildman–Crippen LogP) is -0.201. The lowest BCUT2D eigenvalue weighted by molar-refractivity contribution is -0.141. The summed E-state index contributed by atoms with van der Waals surface area (Å²) in [5.74, 6) is 0.269. The third-order valence-corrected chi connectivity index (χ3v) is 4.39. The summed E-state index contributed by atoms with van der Waals surface area (Å²) in [6.07, 6.45) is 4.86. The molecule has 3 saturated heterocycles. The van der Waals surface area contributed by atoms with E-state index in [1.165, 1.54) is 0 Å². The van der Waals surface area contributed by atoms with Gasteiger partial charge in [0.1, 0.15) is 0 Å². The zero-order chi connectivity index (χ0) is 12.5. The van der Waals surface area contributed by atoms with E-state index in [-0.39, 0.29) is 5.91 Å². The lowest BCUT2D eigenvalue weighted by atomic mass is 10.1. The average molecular weight is 253 g/mol. The fourth-order valence-electron chi connectivity index (χ4n) is 3.22. The minimum atomic E-state index is 0.269. The Balaban J connectivity index is 1.49. The van der Waals surface area contributed by atoms with E-state index in [2.05, 4.69) is 4.90 Å². The van der Waals surface area contributed by atoms with Crippen LogP contribution in [0.3, 0.4) is 0 Å². The second-order valence-electron chi connectivity index (χ2n) is 5.87. The van der Waals surface area contributed by atoms with Crippen LogP contribution in [0.1, 0.15) is 25.7 Å². The maximum Gasteiger partial charge on any atom is 0.236 e. The minimum Gasteiger partial charge on any atom is -0.371 e. The lowest BCUT2D eigenvalue weighted by Gasteiger charge is -2.35. The SMILES string of the molecule is NC1CCN(CC(=O)N2CC3CCC(C2)O3)CC1. The fourth-order valence-corrected chi connectivity index (χ4v) is 3.22. The highest BCUT2D eigenvalue weighted by Gasteiger charge is 2.36. The van der Waals surface area contributed by atoms with Gasteiger partial charge in [-0.15, -0.1) is 0 Å². The molecule has 3 aliphatic rings. The fraction of sp³-hybridized carbons (Fsp3) is 0.923. The third-order valence-electron chi connectivity index (χ3n) is 4.39. The predicted molar refractivity (Wildman–Crippen MR) is 68.1 cm³/mol. The van der Waals surface area contributed by atoms with Crippen LogP contribution in [0, 0.1) is 0 Å². The minimum absolute atomic E-state index is 0.269. The standard InChI is InChI=1S/C13H23N3O2/c14-10-3-5-15(6-4-10)9-13(17)16-7-11-1-2-12(8-16)18-11/h10-12H,1-9,14H2. The molecule has 5 nitrogen and oxygen atoms in total. The molecule has 3 heterocycles. The van der Waals surface area contributed by atoms with Gasteiger partial charge < -0.3 is 15.4 Å². The molecule has 2 atom stereocenters. The number of carbonyl (C=O) groups excluding carboxylic acids is 1. The Morgan fingerprint density at radius 2 is 1.72 bits per heavy atom. The second-order valence-corrected chi connectivity index (χ2v) is 5.87. The molecule has 0 aromatic rings. The molecule has 1 amide bonds. The summed E-state index contributed by atoms with van der Waals surface area (Å²) in [7, 11) is 0. The number of carbonyl (C=O) groups is 1. The third kappa shape index (κ3) is 2.68. The topological polar surface area (TPSA) is 58.8 Å². The van der Waals surface area contributed by atoms with Crippen LogP contribution in [0.2, 0.25) is 0 Å². The van der Waals surface area contributed by atoms with Gasteiger partial charge in [0.05, 0.1) is 18.8 Å². The van der Waals surface area contributed by atoms with Gasteiger partial charge in [-0.1, -0.05) is 0 Å². The van der Waals surface area contributed by atoms with Crippen LogP contribution in [0.25, 0.3) is 0 Å². The van der Waals surface area contributed by atoms with Gasteiger partial charge in [0.2, 0.25) is 5.91 Å². The number of nitrogens with zero attached hydrogens (tertiary/aromatic N) is 2. The van der Waals surface area contributed by atoms with Gasteiger partial charge in [-0.25, -0.2) is 0 Å². The number of ether oxygens (including phenoxy) is 1. The van der Waals surface area contributed by atoms with Gasteiger partial charge in [0.25, 0.3) is 0 Å². The Labute approximate surface area is 108 Å². The van der Waals surface area contributed by atoms with Crippen molar-refractivity contribution >= 4 is 5.91 Å². The summed E-state index contributed by atoms with van der Waals surface area (Å²) in [6.45, 7) is 4.08. The molecule has 5 heteroatoms. The summed E-state index contributed by atoms with van der Waals surface area (Å²) < 4.78 is 5.76. The van der Waals surface area contributed by atoms with Crippen molar-refractivity contribution in [3.63, 3.8) is 0 Å². The van der Waals surface area contributed by atoms with Crippen LogP contribution in [0.4, 0.5) is 0 Å². The van der Waals surface area contributed by atoms with Crippen molar-refractivity contribution in [2.24, 2.45) is 5.73 Å². The lowest BCUT2D eigenvalue weighted by Crippen LogP contribution is -2.50. The summed E-state index contributed by atoms with van der Waals surface area (Å²) in [5, 5.41) is 0. The molecule has 0 saturated carbocycles. The molecule has 0 aromatic carbocycles. The van der Waals surface area contributed by atoms with Crippen LogP contribution in [-0.4, -0.2) is 66.7 Å². The van der Waals surface area contributed by atoms with Gasteiger partial charge in [0, 0.05) is 32.2 Å². The number of fused-ring (bicyclic) bond motifs is 2. The first-order chi connectivity index (χ1) is 8.70. The number of hydrogen-bond acceptors (Lipinski definition) is 4. The molecule has 3 rings (SSSR count). The van der Waals surface area contributed by atoms with Crippen molar-refractivity contribution in [3.05, 3.63) is 0 Å². The first-order valence-electron chi connectivity index (χ1n) is 7.12. The van der Waals surface area contributed by atoms with Crippen molar-refractivity contribution in [3.8, 4) is 0 Å². The highest BCUT2D eigenvalue weighted by atomic mass is 16.5. The first kappa shape index (κ1) is 12.4. The van der Waals surface area contributed by atoms with E-state index in [1.807, 2.05) is 4.90 Å². The van der Waals surface area contributed by atoms with E-state index in [0.717, 1.165) is 51.9 Å². The van der Waals surface area contributed by atoms with E-state index in [1.54, 1.807) is 0 Å². The molecule has 2 N–H and O–H groups in total. The molecule has 0 aromatic heterocycles. The number of amides is 1. The van der Waals surface area contributed by atoms with E-state index < -0.39 is 0 Å². The van der Waals surface area contributed by atoms with Crippen LogP contribution in [-0.2, 0) is 9.53 Å². The molecule has 2 unspecified atom stereocenters. The number of morpholine rings is 1. The Hall–Kier alpha value is -0.650. The van der Waals surface area contributed by atoms with Gasteiger partial charge in [-0.2, -0.15) is 0 Å². The molecule has 3 aliphatic heterocycles. The van der Waals surface area contributed by atoms with E-state index in [0.29, 0.717) is 24.8 Å². The quantitative estimate of drug-likeness (QED) is 0.740. The zero-order valence-corrected chi connectivity index (χ0v) is 10.9. The highest BCUT2D eigenvalue weighted by molar-refractivity contribution is 5.78. The summed E-state index contributed by atoms with van der Waals surface area (Å²) in [4.78, 5) is 16.5. The van der Waals surface area contributed by atoms with Crippen molar-refractivity contribution < 1.29 is 9.53 Å². The monoisotopic (exact) mass is 253 g/mol. The maximum absolute atomic E-state index is 12.3. The van der Waals surface area contributed by atoms with Crippen molar-refractivity contribution in [2.45, 2.75) is 43.9 Å². The molecular weight excluding hydrogens is 230 g/mol. The molecule has 18 heavy (non-hydrogen) atoms.